The summed E-state index contributed by atoms with van der Waals surface area (Å²) in [6.45, 7) is 5.45. The highest BCUT2D eigenvalue weighted by Gasteiger charge is 2.29. The Bertz CT molecular complexity index is 587. The van der Waals surface area contributed by atoms with Crippen molar-refractivity contribution in [2.45, 2.75) is 51.5 Å². The van der Waals surface area contributed by atoms with Gasteiger partial charge in [-0.25, -0.2) is 0 Å². The van der Waals surface area contributed by atoms with E-state index >= 15 is 0 Å². The van der Waals surface area contributed by atoms with Crippen molar-refractivity contribution >= 4 is 0 Å². The maximum Gasteiger partial charge on any atom is 0.108 e. The number of hydrogen-bond donors (Lipinski definition) is 1. The zero-order valence-electron chi connectivity index (χ0n) is 13.1. The third kappa shape index (κ3) is 2.91. The Hall–Kier alpha value is -1.54. The maximum absolute atomic E-state index is 5.64. The molecule has 0 fully saturated rings. The van der Waals surface area contributed by atoms with E-state index in [1.54, 1.807) is 5.56 Å². The predicted molar refractivity (Wildman–Crippen MR) is 86.6 cm³/mol. The Morgan fingerprint density at radius 1 is 1.24 bits per heavy atom. The number of fused-ring (bicyclic) bond motifs is 1. The lowest BCUT2D eigenvalue weighted by atomic mass is 9.73. The summed E-state index contributed by atoms with van der Waals surface area (Å²) in [5.41, 5.74) is 4.43. The van der Waals surface area contributed by atoms with Gasteiger partial charge in [-0.3, -0.25) is 0 Å². The van der Waals surface area contributed by atoms with Crippen molar-refractivity contribution in [2.24, 2.45) is 0 Å². The van der Waals surface area contributed by atoms with E-state index < -0.39 is 0 Å². The molecular formula is C19H25NO. The van der Waals surface area contributed by atoms with E-state index in [9.17, 15) is 0 Å². The topological polar surface area (TPSA) is 25.2 Å². The van der Waals surface area contributed by atoms with Gasteiger partial charge in [-0.15, -0.1) is 0 Å². The minimum Gasteiger partial charge on any atom is -0.469 e. The molecule has 21 heavy (non-hydrogen) atoms. The number of aryl methyl sites for hydroxylation is 1. The first kappa shape index (κ1) is 14.4. The number of nitrogens with one attached hydrogen (secondary N) is 1. The van der Waals surface area contributed by atoms with Crippen LogP contribution in [0.15, 0.2) is 41.0 Å². The molecule has 1 aliphatic rings. The van der Waals surface area contributed by atoms with Crippen molar-refractivity contribution in [2.75, 3.05) is 6.54 Å². The highest BCUT2D eigenvalue weighted by Crippen LogP contribution is 2.41. The monoisotopic (exact) mass is 283 g/mol. The molecule has 1 heterocycles. The van der Waals surface area contributed by atoms with E-state index in [0.29, 0.717) is 12.0 Å². The lowest BCUT2D eigenvalue weighted by Gasteiger charge is -2.33. The third-order valence-corrected chi connectivity index (χ3v) is 4.60. The van der Waals surface area contributed by atoms with Gasteiger partial charge in [0.15, 0.2) is 0 Å². The molecule has 2 unspecified atom stereocenters. The minimum absolute atomic E-state index is 0.414. The van der Waals surface area contributed by atoms with Crippen LogP contribution in [-0.4, -0.2) is 6.54 Å². The molecule has 0 saturated heterocycles. The number of furan rings is 1. The largest absolute Gasteiger partial charge is 0.469 e. The summed E-state index contributed by atoms with van der Waals surface area (Å²) in [4.78, 5) is 0. The van der Waals surface area contributed by atoms with E-state index in [2.05, 4.69) is 49.5 Å². The average Bonchev–Trinajstić information content (AvgIpc) is 2.96. The molecule has 3 rings (SSSR count). The van der Waals surface area contributed by atoms with Gasteiger partial charge in [0, 0.05) is 18.0 Å². The number of hydrogen-bond acceptors (Lipinski definition) is 2. The van der Waals surface area contributed by atoms with Gasteiger partial charge in [0.2, 0.25) is 0 Å². The fourth-order valence-corrected chi connectivity index (χ4v) is 3.44. The second kappa shape index (κ2) is 6.48. The zero-order chi connectivity index (χ0) is 14.7. The second-order valence-electron chi connectivity index (χ2n) is 5.99. The van der Waals surface area contributed by atoms with Crippen LogP contribution in [0.1, 0.15) is 61.1 Å². The smallest absolute Gasteiger partial charge is 0.108 e. The molecule has 1 aliphatic carbocycles. The summed E-state index contributed by atoms with van der Waals surface area (Å²) in [7, 11) is 0. The molecule has 2 aromatic rings. The lowest BCUT2D eigenvalue weighted by molar-refractivity contribution is 0.417. The van der Waals surface area contributed by atoms with Gasteiger partial charge in [-0.05, 0) is 48.9 Å². The van der Waals surface area contributed by atoms with Gasteiger partial charge in [-0.1, -0.05) is 38.1 Å². The summed E-state index contributed by atoms with van der Waals surface area (Å²) >= 11 is 0. The zero-order valence-corrected chi connectivity index (χ0v) is 13.1. The highest BCUT2D eigenvalue weighted by molar-refractivity contribution is 5.40. The molecule has 1 N–H and O–H groups in total. The van der Waals surface area contributed by atoms with Gasteiger partial charge in [-0.2, -0.15) is 0 Å². The molecule has 2 heteroatoms. The number of rotatable bonds is 7. The summed E-state index contributed by atoms with van der Waals surface area (Å²) < 4.78 is 5.64. The van der Waals surface area contributed by atoms with Crippen LogP contribution in [0.5, 0.6) is 0 Å². The molecule has 2 atom stereocenters. The van der Waals surface area contributed by atoms with Crippen LogP contribution in [0, 0.1) is 0 Å². The third-order valence-electron chi connectivity index (χ3n) is 4.60. The molecule has 0 amide bonds. The molecule has 0 saturated carbocycles. The fraction of sp³-hybridized carbons (Fsp3) is 0.474. The summed E-state index contributed by atoms with van der Waals surface area (Å²) in [6, 6.07) is 11.4. The Labute approximate surface area is 127 Å². The van der Waals surface area contributed by atoms with E-state index in [1.807, 2.05) is 6.26 Å². The van der Waals surface area contributed by atoms with Crippen LogP contribution in [0.4, 0.5) is 0 Å². The standard InChI is InChI=1S/C19H25NO/c1-3-10-20-18(17-9-11-21-19(17)4-2)13-15-12-14-7-5-6-8-16(14)15/h5-9,11,15,18,20H,3-4,10,12-13H2,1-2H3. The average molecular weight is 283 g/mol. The first-order valence-electron chi connectivity index (χ1n) is 8.20. The second-order valence-corrected chi connectivity index (χ2v) is 5.99. The molecule has 1 aromatic heterocycles. The van der Waals surface area contributed by atoms with Crippen LogP contribution in [0.25, 0.3) is 0 Å². The van der Waals surface area contributed by atoms with E-state index in [4.69, 9.17) is 4.42 Å². The molecule has 0 bridgehead atoms. The predicted octanol–water partition coefficient (Wildman–Crippen LogP) is 4.61. The summed E-state index contributed by atoms with van der Waals surface area (Å²) in [5, 5.41) is 3.72. The fourth-order valence-electron chi connectivity index (χ4n) is 3.44. The van der Waals surface area contributed by atoms with Crippen LogP contribution in [-0.2, 0) is 12.8 Å². The first-order chi connectivity index (χ1) is 10.3. The van der Waals surface area contributed by atoms with Crippen molar-refractivity contribution in [1.82, 2.24) is 5.32 Å². The van der Waals surface area contributed by atoms with E-state index in [0.717, 1.165) is 25.1 Å². The SMILES string of the molecule is CCCNC(CC1Cc2ccccc21)c1ccoc1CC. The normalized spacial score (nSPS) is 18.1. The summed E-state index contributed by atoms with van der Waals surface area (Å²) in [6.07, 6.45) is 6.36. The molecule has 2 nitrogen and oxygen atoms in total. The molecule has 0 spiro atoms. The van der Waals surface area contributed by atoms with Crippen LogP contribution >= 0.6 is 0 Å². The van der Waals surface area contributed by atoms with Crippen LogP contribution < -0.4 is 5.32 Å². The van der Waals surface area contributed by atoms with E-state index in [1.165, 1.54) is 24.0 Å². The Morgan fingerprint density at radius 2 is 2.10 bits per heavy atom. The van der Waals surface area contributed by atoms with Crippen LogP contribution in [0.3, 0.4) is 0 Å². The maximum atomic E-state index is 5.64. The quantitative estimate of drug-likeness (QED) is 0.802. The lowest BCUT2D eigenvalue weighted by Crippen LogP contribution is -2.28. The van der Waals surface area contributed by atoms with Gasteiger partial charge >= 0.3 is 0 Å². The van der Waals surface area contributed by atoms with Crippen molar-refractivity contribution in [3.8, 4) is 0 Å². The molecule has 1 aromatic carbocycles. The van der Waals surface area contributed by atoms with Gasteiger partial charge in [0.25, 0.3) is 0 Å². The highest BCUT2D eigenvalue weighted by atomic mass is 16.3. The van der Waals surface area contributed by atoms with Crippen molar-refractivity contribution in [3.05, 3.63) is 59.0 Å². The first-order valence-corrected chi connectivity index (χ1v) is 8.20. The number of benzene rings is 1. The molecular weight excluding hydrogens is 258 g/mol. The van der Waals surface area contributed by atoms with Crippen LogP contribution in [0.2, 0.25) is 0 Å². The molecule has 112 valence electrons. The van der Waals surface area contributed by atoms with Crippen molar-refractivity contribution in [1.29, 1.82) is 0 Å². The van der Waals surface area contributed by atoms with Crippen molar-refractivity contribution in [3.63, 3.8) is 0 Å². The van der Waals surface area contributed by atoms with E-state index in [-0.39, 0.29) is 0 Å². The van der Waals surface area contributed by atoms with Gasteiger partial charge in [0.1, 0.15) is 5.76 Å². The van der Waals surface area contributed by atoms with Gasteiger partial charge in [0.05, 0.1) is 6.26 Å². The van der Waals surface area contributed by atoms with Gasteiger partial charge < -0.3 is 9.73 Å². The molecule has 0 radical (unpaired) electrons. The Morgan fingerprint density at radius 3 is 2.86 bits per heavy atom. The minimum atomic E-state index is 0.414. The molecule has 0 aliphatic heterocycles. The summed E-state index contributed by atoms with van der Waals surface area (Å²) in [5.74, 6) is 1.83. The Kier molecular flexibility index (Phi) is 4.45. The Balaban J connectivity index is 1.75. The van der Waals surface area contributed by atoms with Crippen molar-refractivity contribution < 1.29 is 4.42 Å².